The lowest BCUT2D eigenvalue weighted by molar-refractivity contribution is 0.465. The number of halogens is 1. The summed E-state index contributed by atoms with van der Waals surface area (Å²) in [7, 11) is 0. The van der Waals surface area contributed by atoms with Gasteiger partial charge >= 0.3 is 0 Å². The van der Waals surface area contributed by atoms with Crippen LogP contribution >= 0.6 is 15.9 Å². The van der Waals surface area contributed by atoms with Crippen molar-refractivity contribution in [2.24, 2.45) is 0 Å². The van der Waals surface area contributed by atoms with Crippen molar-refractivity contribution in [3.63, 3.8) is 0 Å². The van der Waals surface area contributed by atoms with Crippen LogP contribution in [0.1, 0.15) is 5.56 Å². The number of pyridine rings is 1. The SMILES string of the molecule is Oc1c(Br)cccc1CNc1cccc2cnccc12. The van der Waals surface area contributed by atoms with E-state index in [0.29, 0.717) is 11.0 Å². The molecule has 3 nitrogen and oxygen atoms in total. The molecule has 20 heavy (non-hydrogen) atoms. The van der Waals surface area contributed by atoms with Gasteiger partial charge in [-0.1, -0.05) is 24.3 Å². The van der Waals surface area contributed by atoms with E-state index in [-0.39, 0.29) is 5.75 Å². The molecule has 0 bridgehead atoms. The summed E-state index contributed by atoms with van der Waals surface area (Å²) < 4.78 is 0.707. The second-order valence-corrected chi connectivity index (χ2v) is 5.36. The summed E-state index contributed by atoms with van der Waals surface area (Å²) in [5.74, 6) is 0.280. The van der Waals surface area contributed by atoms with E-state index in [0.717, 1.165) is 22.0 Å². The van der Waals surface area contributed by atoms with Gasteiger partial charge in [0.05, 0.1) is 4.47 Å². The van der Waals surface area contributed by atoms with E-state index in [4.69, 9.17) is 0 Å². The van der Waals surface area contributed by atoms with Crippen LogP contribution in [0.2, 0.25) is 0 Å². The molecule has 0 amide bonds. The van der Waals surface area contributed by atoms with Gasteiger partial charge in [-0.05, 0) is 34.1 Å². The maximum absolute atomic E-state index is 9.99. The number of aromatic hydroxyl groups is 1. The number of phenolic OH excluding ortho intramolecular Hbond substituents is 1. The number of benzene rings is 2. The maximum Gasteiger partial charge on any atom is 0.134 e. The number of aromatic nitrogens is 1. The standard InChI is InChI=1S/C16H13BrN2O/c17-14-5-1-4-12(16(14)20)10-19-15-6-2-3-11-9-18-8-7-13(11)15/h1-9,19-20H,10H2. The molecule has 0 aliphatic rings. The first kappa shape index (κ1) is 12.9. The molecule has 2 N–H and O–H groups in total. The topological polar surface area (TPSA) is 45.1 Å². The Morgan fingerprint density at radius 1 is 1.10 bits per heavy atom. The van der Waals surface area contributed by atoms with Crippen molar-refractivity contribution in [3.8, 4) is 5.75 Å². The molecule has 0 spiro atoms. The second-order valence-electron chi connectivity index (χ2n) is 4.50. The molecular weight excluding hydrogens is 316 g/mol. The Balaban J connectivity index is 1.89. The minimum absolute atomic E-state index is 0.280. The minimum atomic E-state index is 0.280. The van der Waals surface area contributed by atoms with Crippen molar-refractivity contribution < 1.29 is 5.11 Å². The van der Waals surface area contributed by atoms with Gasteiger partial charge in [0.2, 0.25) is 0 Å². The van der Waals surface area contributed by atoms with Crippen LogP contribution in [-0.4, -0.2) is 10.1 Å². The van der Waals surface area contributed by atoms with E-state index in [1.807, 2.05) is 48.7 Å². The Kier molecular flexibility index (Phi) is 3.56. The fraction of sp³-hybridized carbons (Fsp3) is 0.0625. The highest BCUT2D eigenvalue weighted by Gasteiger charge is 2.05. The molecule has 0 saturated carbocycles. The molecule has 0 aliphatic heterocycles. The van der Waals surface area contributed by atoms with Gasteiger partial charge in [0.1, 0.15) is 5.75 Å². The van der Waals surface area contributed by atoms with Crippen LogP contribution in [0, 0.1) is 0 Å². The van der Waals surface area contributed by atoms with Gasteiger partial charge < -0.3 is 10.4 Å². The average Bonchev–Trinajstić information content (AvgIpc) is 2.49. The molecule has 100 valence electrons. The fourth-order valence-corrected chi connectivity index (χ4v) is 2.58. The zero-order valence-electron chi connectivity index (χ0n) is 10.7. The lowest BCUT2D eigenvalue weighted by Crippen LogP contribution is -2.00. The zero-order chi connectivity index (χ0) is 13.9. The summed E-state index contributed by atoms with van der Waals surface area (Å²) in [6.45, 7) is 0.562. The number of rotatable bonds is 3. The minimum Gasteiger partial charge on any atom is -0.506 e. The molecule has 1 heterocycles. The number of anilines is 1. The third kappa shape index (κ3) is 2.47. The fourth-order valence-electron chi connectivity index (χ4n) is 2.17. The van der Waals surface area contributed by atoms with Gasteiger partial charge in [-0.3, -0.25) is 4.98 Å². The lowest BCUT2D eigenvalue weighted by atomic mass is 10.1. The van der Waals surface area contributed by atoms with E-state index in [9.17, 15) is 5.11 Å². The highest BCUT2D eigenvalue weighted by atomic mass is 79.9. The molecular formula is C16H13BrN2O. The lowest BCUT2D eigenvalue weighted by Gasteiger charge is -2.11. The number of nitrogens with one attached hydrogen (secondary N) is 1. The van der Waals surface area contributed by atoms with Crippen LogP contribution in [0.4, 0.5) is 5.69 Å². The number of hydrogen-bond acceptors (Lipinski definition) is 3. The highest BCUT2D eigenvalue weighted by molar-refractivity contribution is 9.10. The first-order chi connectivity index (χ1) is 9.75. The zero-order valence-corrected chi connectivity index (χ0v) is 12.3. The molecule has 0 fully saturated rings. The van der Waals surface area contributed by atoms with Crippen LogP contribution in [-0.2, 0) is 6.54 Å². The molecule has 1 aromatic heterocycles. The average molecular weight is 329 g/mol. The molecule has 0 aliphatic carbocycles. The third-order valence-electron chi connectivity index (χ3n) is 3.22. The first-order valence-electron chi connectivity index (χ1n) is 6.28. The quantitative estimate of drug-likeness (QED) is 0.752. The summed E-state index contributed by atoms with van der Waals surface area (Å²) in [6.07, 6.45) is 3.63. The number of nitrogens with zero attached hydrogens (tertiary/aromatic N) is 1. The molecule has 0 atom stereocenters. The van der Waals surface area contributed by atoms with Crippen molar-refractivity contribution in [2.45, 2.75) is 6.54 Å². The Labute approximate surface area is 125 Å². The molecule has 2 aromatic carbocycles. The summed E-state index contributed by atoms with van der Waals surface area (Å²) >= 11 is 3.33. The summed E-state index contributed by atoms with van der Waals surface area (Å²) in [4.78, 5) is 4.12. The van der Waals surface area contributed by atoms with Crippen LogP contribution in [0.3, 0.4) is 0 Å². The largest absolute Gasteiger partial charge is 0.506 e. The normalized spacial score (nSPS) is 10.7. The van der Waals surface area contributed by atoms with Crippen molar-refractivity contribution in [1.29, 1.82) is 0 Å². The van der Waals surface area contributed by atoms with Crippen LogP contribution < -0.4 is 5.32 Å². The monoisotopic (exact) mass is 328 g/mol. The first-order valence-corrected chi connectivity index (χ1v) is 7.08. The van der Waals surface area contributed by atoms with E-state index in [1.165, 1.54) is 0 Å². The number of para-hydroxylation sites is 1. The molecule has 0 saturated heterocycles. The molecule has 0 unspecified atom stereocenters. The predicted molar refractivity (Wildman–Crippen MR) is 84.9 cm³/mol. The number of hydrogen-bond donors (Lipinski definition) is 2. The Bertz CT molecular complexity index is 753. The van der Waals surface area contributed by atoms with Crippen molar-refractivity contribution in [2.75, 3.05) is 5.32 Å². The number of fused-ring (bicyclic) bond motifs is 1. The van der Waals surface area contributed by atoms with Gasteiger partial charge in [-0.25, -0.2) is 0 Å². The summed E-state index contributed by atoms with van der Waals surface area (Å²) in [5, 5.41) is 15.6. The van der Waals surface area contributed by atoms with Crippen molar-refractivity contribution in [1.82, 2.24) is 4.98 Å². The van der Waals surface area contributed by atoms with Crippen LogP contribution in [0.25, 0.3) is 10.8 Å². The van der Waals surface area contributed by atoms with Gasteiger partial charge in [-0.15, -0.1) is 0 Å². The van der Waals surface area contributed by atoms with Gasteiger partial charge in [0.15, 0.2) is 0 Å². The van der Waals surface area contributed by atoms with Crippen LogP contribution in [0.5, 0.6) is 5.75 Å². The van der Waals surface area contributed by atoms with Gasteiger partial charge in [0, 0.05) is 41.0 Å². The van der Waals surface area contributed by atoms with Crippen molar-refractivity contribution >= 4 is 32.4 Å². The Hall–Kier alpha value is -2.07. The smallest absolute Gasteiger partial charge is 0.134 e. The summed E-state index contributed by atoms with van der Waals surface area (Å²) in [5.41, 5.74) is 1.88. The summed E-state index contributed by atoms with van der Waals surface area (Å²) in [6, 6.07) is 13.7. The second kappa shape index (κ2) is 5.51. The molecule has 0 radical (unpaired) electrons. The van der Waals surface area contributed by atoms with Gasteiger partial charge in [-0.2, -0.15) is 0 Å². The highest BCUT2D eigenvalue weighted by Crippen LogP contribution is 2.29. The maximum atomic E-state index is 9.99. The molecule has 4 heteroatoms. The molecule has 3 rings (SSSR count). The Morgan fingerprint density at radius 3 is 2.85 bits per heavy atom. The Morgan fingerprint density at radius 2 is 1.95 bits per heavy atom. The van der Waals surface area contributed by atoms with Crippen LogP contribution in [0.15, 0.2) is 59.3 Å². The number of phenols is 1. The van der Waals surface area contributed by atoms with E-state index in [2.05, 4.69) is 26.2 Å². The van der Waals surface area contributed by atoms with E-state index < -0.39 is 0 Å². The van der Waals surface area contributed by atoms with Crippen molar-refractivity contribution in [3.05, 3.63) is 64.9 Å². The van der Waals surface area contributed by atoms with Gasteiger partial charge in [0.25, 0.3) is 0 Å². The third-order valence-corrected chi connectivity index (χ3v) is 3.86. The predicted octanol–water partition coefficient (Wildman–Crippen LogP) is 4.32. The molecule has 3 aromatic rings. The van der Waals surface area contributed by atoms with E-state index >= 15 is 0 Å². The van der Waals surface area contributed by atoms with E-state index in [1.54, 1.807) is 6.20 Å².